The Hall–Kier alpha value is -1.13. The van der Waals surface area contributed by atoms with Gasteiger partial charge in [-0.2, -0.15) is 0 Å². The lowest BCUT2D eigenvalue weighted by Crippen LogP contribution is -2.36. The quantitative estimate of drug-likeness (QED) is 0.880. The average Bonchev–Trinajstić information content (AvgIpc) is 2.38. The minimum absolute atomic E-state index is 0.143. The first-order valence-corrected chi connectivity index (χ1v) is 7.01. The van der Waals surface area contributed by atoms with E-state index in [0.717, 1.165) is 47.1 Å². The second-order valence-electron chi connectivity index (χ2n) is 4.72. The SMILES string of the molecule is OC1CCN(c2ccc3ccc(Br)cc3n2)CC1. The first-order chi connectivity index (χ1) is 8.72. The van der Waals surface area contributed by atoms with Crippen LogP contribution in [0.3, 0.4) is 0 Å². The van der Waals surface area contributed by atoms with Gasteiger partial charge in [-0.3, -0.25) is 0 Å². The van der Waals surface area contributed by atoms with Gasteiger partial charge in [-0.15, -0.1) is 0 Å². The van der Waals surface area contributed by atoms with Crippen LogP contribution in [0.25, 0.3) is 10.9 Å². The number of hydrogen-bond donors (Lipinski definition) is 1. The van der Waals surface area contributed by atoms with Crippen LogP contribution in [-0.2, 0) is 0 Å². The lowest BCUT2D eigenvalue weighted by molar-refractivity contribution is 0.145. The van der Waals surface area contributed by atoms with Crippen LogP contribution in [0.1, 0.15) is 12.8 Å². The number of halogens is 1. The van der Waals surface area contributed by atoms with E-state index in [1.165, 1.54) is 0 Å². The molecule has 2 aromatic rings. The highest BCUT2D eigenvalue weighted by Crippen LogP contribution is 2.23. The number of benzene rings is 1. The third-order valence-corrected chi connectivity index (χ3v) is 3.92. The fraction of sp³-hybridized carbons (Fsp3) is 0.357. The smallest absolute Gasteiger partial charge is 0.129 e. The zero-order chi connectivity index (χ0) is 12.5. The Morgan fingerprint density at radius 1 is 1.17 bits per heavy atom. The van der Waals surface area contributed by atoms with Crippen molar-refractivity contribution < 1.29 is 5.11 Å². The van der Waals surface area contributed by atoms with Gasteiger partial charge >= 0.3 is 0 Å². The van der Waals surface area contributed by atoms with Gasteiger partial charge in [-0.05, 0) is 37.1 Å². The fourth-order valence-corrected chi connectivity index (χ4v) is 2.70. The van der Waals surface area contributed by atoms with Gasteiger partial charge in [0.15, 0.2) is 0 Å². The van der Waals surface area contributed by atoms with Gasteiger partial charge in [0.1, 0.15) is 5.82 Å². The molecule has 94 valence electrons. The van der Waals surface area contributed by atoms with Gasteiger partial charge in [0.2, 0.25) is 0 Å². The summed E-state index contributed by atoms with van der Waals surface area (Å²) >= 11 is 3.47. The zero-order valence-electron chi connectivity index (χ0n) is 10.0. The van der Waals surface area contributed by atoms with Crippen LogP contribution in [0.4, 0.5) is 5.82 Å². The van der Waals surface area contributed by atoms with Crippen molar-refractivity contribution in [3.63, 3.8) is 0 Å². The third-order valence-electron chi connectivity index (χ3n) is 3.43. The summed E-state index contributed by atoms with van der Waals surface area (Å²) in [7, 11) is 0. The monoisotopic (exact) mass is 306 g/mol. The van der Waals surface area contributed by atoms with Crippen LogP contribution in [0, 0.1) is 0 Å². The molecule has 0 saturated carbocycles. The maximum absolute atomic E-state index is 9.53. The molecule has 0 unspecified atom stereocenters. The number of aliphatic hydroxyl groups is 1. The molecule has 1 fully saturated rings. The van der Waals surface area contributed by atoms with Gasteiger partial charge in [0, 0.05) is 22.9 Å². The van der Waals surface area contributed by atoms with Gasteiger partial charge < -0.3 is 10.0 Å². The Labute approximate surface area is 115 Å². The predicted molar refractivity (Wildman–Crippen MR) is 76.9 cm³/mol. The Kier molecular flexibility index (Phi) is 3.22. The standard InChI is InChI=1S/C14H15BrN2O/c15-11-3-1-10-2-4-14(16-13(10)9-11)17-7-5-12(18)6-8-17/h1-4,9,12,18H,5-8H2. The largest absolute Gasteiger partial charge is 0.393 e. The number of nitrogens with zero attached hydrogens (tertiary/aromatic N) is 2. The molecule has 1 aliphatic heterocycles. The van der Waals surface area contributed by atoms with Crippen molar-refractivity contribution in [2.45, 2.75) is 18.9 Å². The summed E-state index contributed by atoms with van der Waals surface area (Å²) in [5.41, 5.74) is 1.01. The van der Waals surface area contributed by atoms with Crippen molar-refractivity contribution in [1.29, 1.82) is 0 Å². The van der Waals surface area contributed by atoms with Crippen molar-refractivity contribution in [2.24, 2.45) is 0 Å². The molecule has 1 aromatic carbocycles. The molecule has 0 radical (unpaired) electrons. The summed E-state index contributed by atoms with van der Waals surface area (Å²) in [5, 5.41) is 10.7. The first-order valence-electron chi connectivity index (χ1n) is 6.22. The van der Waals surface area contributed by atoms with Gasteiger partial charge in [-0.1, -0.05) is 22.0 Å². The molecule has 1 saturated heterocycles. The third kappa shape index (κ3) is 2.35. The molecule has 1 aromatic heterocycles. The van der Waals surface area contributed by atoms with E-state index in [2.05, 4.69) is 39.0 Å². The number of aromatic nitrogens is 1. The molecule has 0 atom stereocenters. The number of hydrogen-bond acceptors (Lipinski definition) is 3. The number of piperidine rings is 1. The van der Waals surface area contributed by atoms with Crippen molar-refractivity contribution in [3.8, 4) is 0 Å². The Balaban J connectivity index is 1.92. The Bertz CT molecular complexity index is 565. The van der Waals surface area contributed by atoms with E-state index < -0.39 is 0 Å². The van der Waals surface area contributed by atoms with E-state index in [0.29, 0.717) is 0 Å². The van der Waals surface area contributed by atoms with E-state index in [1.807, 2.05) is 12.1 Å². The minimum Gasteiger partial charge on any atom is -0.393 e. The van der Waals surface area contributed by atoms with E-state index in [1.54, 1.807) is 0 Å². The molecule has 0 aliphatic carbocycles. The van der Waals surface area contributed by atoms with E-state index in [4.69, 9.17) is 4.98 Å². The average molecular weight is 307 g/mol. The molecular formula is C14H15BrN2O. The van der Waals surface area contributed by atoms with E-state index >= 15 is 0 Å². The van der Waals surface area contributed by atoms with Gasteiger partial charge in [0.05, 0.1) is 11.6 Å². The molecule has 0 bridgehead atoms. The highest BCUT2D eigenvalue weighted by molar-refractivity contribution is 9.10. The summed E-state index contributed by atoms with van der Waals surface area (Å²) in [4.78, 5) is 6.94. The molecule has 0 amide bonds. The molecule has 18 heavy (non-hydrogen) atoms. The van der Waals surface area contributed by atoms with Crippen LogP contribution in [0.2, 0.25) is 0 Å². The molecule has 2 heterocycles. The number of fused-ring (bicyclic) bond motifs is 1. The second kappa shape index (κ2) is 4.86. The molecule has 1 N–H and O–H groups in total. The number of rotatable bonds is 1. The molecule has 0 spiro atoms. The molecule has 3 nitrogen and oxygen atoms in total. The molecule has 3 rings (SSSR count). The summed E-state index contributed by atoms with van der Waals surface area (Å²) in [6.45, 7) is 1.77. The maximum Gasteiger partial charge on any atom is 0.129 e. The fourth-order valence-electron chi connectivity index (χ4n) is 2.35. The second-order valence-corrected chi connectivity index (χ2v) is 5.64. The van der Waals surface area contributed by atoms with Crippen LogP contribution >= 0.6 is 15.9 Å². The summed E-state index contributed by atoms with van der Waals surface area (Å²) in [6.07, 6.45) is 1.52. The molecular weight excluding hydrogens is 292 g/mol. The van der Waals surface area contributed by atoms with E-state index in [9.17, 15) is 5.11 Å². The van der Waals surface area contributed by atoms with Crippen molar-refractivity contribution in [3.05, 3.63) is 34.8 Å². The summed E-state index contributed by atoms with van der Waals surface area (Å²) < 4.78 is 1.05. The highest BCUT2D eigenvalue weighted by atomic mass is 79.9. The first kappa shape index (κ1) is 11.9. The maximum atomic E-state index is 9.53. The number of pyridine rings is 1. The number of anilines is 1. The zero-order valence-corrected chi connectivity index (χ0v) is 11.6. The predicted octanol–water partition coefficient (Wildman–Crippen LogP) is 2.96. The van der Waals surface area contributed by atoms with E-state index in [-0.39, 0.29) is 6.10 Å². The summed E-state index contributed by atoms with van der Waals surface area (Å²) in [5.74, 6) is 1.01. The van der Waals surface area contributed by atoms with Crippen LogP contribution < -0.4 is 4.90 Å². The minimum atomic E-state index is -0.143. The topological polar surface area (TPSA) is 36.4 Å². The van der Waals surface area contributed by atoms with Crippen LogP contribution in [0.15, 0.2) is 34.8 Å². The Morgan fingerprint density at radius 3 is 2.67 bits per heavy atom. The van der Waals surface area contributed by atoms with Gasteiger partial charge in [0.25, 0.3) is 0 Å². The van der Waals surface area contributed by atoms with Crippen LogP contribution in [0.5, 0.6) is 0 Å². The van der Waals surface area contributed by atoms with Gasteiger partial charge in [-0.25, -0.2) is 4.98 Å². The molecule has 1 aliphatic rings. The lowest BCUT2D eigenvalue weighted by Gasteiger charge is -2.30. The lowest BCUT2D eigenvalue weighted by atomic mass is 10.1. The normalized spacial score (nSPS) is 17.3. The Morgan fingerprint density at radius 2 is 1.89 bits per heavy atom. The van der Waals surface area contributed by atoms with Crippen LogP contribution in [-0.4, -0.2) is 29.3 Å². The van der Waals surface area contributed by atoms with Crippen molar-refractivity contribution in [1.82, 2.24) is 4.98 Å². The van der Waals surface area contributed by atoms with Crippen molar-refractivity contribution in [2.75, 3.05) is 18.0 Å². The van der Waals surface area contributed by atoms with Crippen molar-refractivity contribution >= 4 is 32.7 Å². The highest BCUT2D eigenvalue weighted by Gasteiger charge is 2.18. The molecule has 4 heteroatoms. The summed E-state index contributed by atoms with van der Waals surface area (Å²) in [6, 6.07) is 10.3. The number of aliphatic hydroxyl groups excluding tert-OH is 1.